The predicted molar refractivity (Wildman–Crippen MR) is 118 cm³/mol. The summed E-state index contributed by atoms with van der Waals surface area (Å²) in [7, 11) is 1.55. The predicted octanol–water partition coefficient (Wildman–Crippen LogP) is 2.51. The Morgan fingerprint density at radius 2 is 1.89 bits per heavy atom. The molecule has 0 saturated carbocycles. The van der Waals surface area contributed by atoms with Crippen molar-refractivity contribution in [3.8, 4) is 28.3 Å². The highest BCUT2D eigenvalue weighted by molar-refractivity contribution is 5.60. The highest BCUT2D eigenvalue weighted by atomic mass is 19.2. The molecular formula is C23H21F3N6O4. The molecule has 36 heavy (non-hydrogen) atoms. The molecule has 2 aromatic carbocycles. The second-order valence-electron chi connectivity index (χ2n) is 8.24. The molecule has 2 N–H and O–H groups in total. The molecule has 0 radical (unpaired) electrons. The zero-order chi connectivity index (χ0) is 25.4. The largest absolute Gasteiger partial charge is 0.497 e. The van der Waals surface area contributed by atoms with Gasteiger partial charge in [-0.2, -0.15) is 0 Å². The SMILES string of the molecule is COc1cccc(-c2cnnn2C2C[C@@H](n3cc(-c4cc(F)c(F)c(F)c4)nn3)[C@@H](O)[C@@H](CO)O2)c1. The lowest BCUT2D eigenvalue weighted by molar-refractivity contribution is -0.183. The molecule has 4 aromatic rings. The summed E-state index contributed by atoms with van der Waals surface area (Å²) in [6.07, 6.45) is 0.133. The molecule has 0 aliphatic carbocycles. The number of aliphatic hydroxyl groups is 2. The van der Waals surface area contributed by atoms with Crippen LogP contribution in [-0.2, 0) is 4.74 Å². The van der Waals surface area contributed by atoms with Gasteiger partial charge in [-0.05, 0) is 24.3 Å². The summed E-state index contributed by atoms with van der Waals surface area (Å²) in [5.41, 5.74) is 1.42. The van der Waals surface area contributed by atoms with Gasteiger partial charge in [-0.1, -0.05) is 22.6 Å². The number of benzene rings is 2. The zero-order valence-corrected chi connectivity index (χ0v) is 18.9. The molecule has 3 heterocycles. The third-order valence-corrected chi connectivity index (χ3v) is 6.07. The van der Waals surface area contributed by atoms with Gasteiger partial charge in [0.2, 0.25) is 0 Å². The fourth-order valence-corrected chi connectivity index (χ4v) is 4.22. The maximum Gasteiger partial charge on any atom is 0.194 e. The van der Waals surface area contributed by atoms with Crippen LogP contribution in [0.25, 0.3) is 22.5 Å². The summed E-state index contributed by atoms with van der Waals surface area (Å²) in [6, 6.07) is 8.13. The van der Waals surface area contributed by atoms with E-state index in [-0.39, 0.29) is 17.7 Å². The Bertz CT molecular complexity index is 1360. The Kier molecular flexibility index (Phi) is 6.43. The van der Waals surface area contributed by atoms with Crippen molar-refractivity contribution in [2.75, 3.05) is 13.7 Å². The van der Waals surface area contributed by atoms with Crippen LogP contribution in [0, 0.1) is 17.5 Å². The van der Waals surface area contributed by atoms with Gasteiger partial charge in [0.1, 0.15) is 23.7 Å². The van der Waals surface area contributed by atoms with E-state index in [2.05, 4.69) is 20.6 Å². The van der Waals surface area contributed by atoms with Gasteiger partial charge in [-0.3, -0.25) is 0 Å². The van der Waals surface area contributed by atoms with Crippen molar-refractivity contribution in [2.45, 2.75) is 30.9 Å². The van der Waals surface area contributed by atoms with Crippen molar-refractivity contribution in [3.05, 3.63) is 66.2 Å². The van der Waals surface area contributed by atoms with E-state index in [0.29, 0.717) is 11.4 Å². The van der Waals surface area contributed by atoms with Gasteiger partial charge < -0.3 is 19.7 Å². The van der Waals surface area contributed by atoms with Gasteiger partial charge in [-0.25, -0.2) is 22.5 Å². The van der Waals surface area contributed by atoms with Gasteiger partial charge in [0.05, 0.1) is 37.8 Å². The first kappa shape index (κ1) is 23.9. The van der Waals surface area contributed by atoms with Crippen molar-refractivity contribution in [2.24, 2.45) is 0 Å². The van der Waals surface area contributed by atoms with Gasteiger partial charge in [0.15, 0.2) is 23.7 Å². The maximum absolute atomic E-state index is 13.7. The number of methoxy groups -OCH3 is 1. The first-order valence-corrected chi connectivity index (χ1v) is 10.9. The fourth-order valence-electron chi connectivity index (χ4n) is 4.22. The average Bonchev–Trinajstić information content (AvgIpc) is 3.58. The molecule has 13 heteroatoms. The molecule has 2 aromatic heterocycles. The molecule has 0 bridgehead atoms. The maximum atomic E-state index is 13.7. The van der Waals surface area contributed by atoms with E-state index in [0.717, 1.165) is 17.7 Å². The van der Waals surface area contributed by atoms with Crippen molar-refractivity contribution in [3.63, 3.8) is 0 Å². The molecule has 1 fully saturated rings. The van der Waals surface area contributed by atoms with Crippen LogP contribution in [0.1, 0.15) is 18.7 Å². The molecule has 5 rings (SSSR count). The average molecular weight is 502 g/mol. The van der Waals surface area contributed by atoms with E-state index in [1.54, 1.807) is 25.4 Å². The van der Waals surface area contributed by atoms with Crippen LogP contribution >= 0.6 is 0 Å². The highest BCUT2D eigenvalue weighted by Crippen LogP contribution is 2.37. The molecule has 0 amide bonds. The van der Waals surface area contributed by atoms with Crippen molar-refractivity contribution in [1.82, 2.24) is 30.0 Å². The van der Waals surface area contributed by atoms with Crippen LogP contribution in [0.3, 0.4) is 0 Å². The summed E-state index contributed by atoms with van der Waals surface area (Å²) in [6.45, 7) is -0.493. The van der Waals surface area contributed by atoms with E-state index in [1.807, 2.05) is 12.1 Å². The van der Waals surface area contributed by atoms with Crippen LogP contribution in [0.5, 0.6) is 5.75 Å². The molecule has 0 spiro atoms. The molecule has 4 atom stereocenters. The van der Waals surface area contributed by atoms with E-state index >= 15 is 0 Å². The van der Waals surface area contributed by atoms with E-state index in [4.69, 9.17) is 9.47 Å². The molecule has 10 nitrogen and oxygen atoms in total. The number of hydrogen-bond acceptors (Lipinski definition) is 8. The summed E-state index contributed by atoms with van der Waals surface area (Å²) < 4.78 is 54.8. The molecule has 188 valence electrons. The van der Waals surface area contributed by atoms with Crippen molar-refractivity contribution < 1.29 is 32.9 Å². The minimum absolute atomic E-state index is 0.0222. The van der Waals surface area contributed by atoms with Crippen LogP contribution in [-0.4, -0.2) is 66.1 Å². The van der Waals surface area contributed by atoms with E-state index < -0.39 is 48.5 Å². The fraction of sp³-hybridized carbons (Fsp3) is 0.304. The minimum Gasteiger partial charge on any atom is -0.497 e. The Hall–Kier alpha value is -3.81. The molecular weight excluding hydrogens is 481 g/mol. The van der Waals surface area contributed by atoms with Crippen molar-refractivity contribution in [1.29, 1.82) is 0 Å². The number of aromatic nitrogens is 6. The quantitative estimate of drug-likeness (QED) is 0.386. The molecule has 1 unspecified atom stereocenters. The Morgan fingerprint density at radius 1 is 1.11 bits per heavy atom. The lowest BCUT2D eigenvalue weighted by Crippen LogP contribution is -2.46. The van der Waals surface area contributed by atoms with Crippen LogP contribution in [0.4, 0.5) is 13.2 Å². The van der Waals surface area contributed by atoms with Crippen LogP contribution in [0.2, 0.25) is 0 Å². The smallest absolute Gasteiger partial charge is 0.194 e. The molecule has 1 aliphatic heterocycles. The number of aliphatic hydroxyl groups excluding tert-OH is 2. The Morgan fingerprint density at radius 3 is 2.61 bits per heavy atom. The van der Waals surface area contributed by atoms with Gasteiger partial charge in [0, 0.05) is 17.5 Å². The molecule has 1 saturated heterocycles. The summed E-state index contributed by atoms with van der Waals surface area (Å²) >= 11 is 0. The van der Waals surface area contributed by atoms with Gasteiger partial charge in [-0.15, -0.1) is 10.2 Å². The summed E-state index contributed by atoms with van der Waals surface area (Å²) in [5, 5.41) is 36.8. The monoisotopic (exact) mass is 502 g/mol. The second kappa shape index (κ2) is 9.68. The number of nitrogens with zero attached hydrogens (tertiary/aromatic N) is 6. The first-order valence-electron chi connectivity index (χ1n) is 10.9. The van der Waals surface area contributed by atoms with E-state index in [9.17, 15) is 23.4 Å². The zero-order valence-electron chi connectivity index (χ0n) is 18.9. The molecule has 1 aliphatic rings. The van der Waals surface area contributed by atoms with Crippen LogP contribution in [0.15, 0.2) is 48.8 Å². The van der Waals surface area contributed by atoms with Crippen LogP contribution < -0.4 is 4.74 Å². The second-order valence-corrected chi connectivity index (χ2v) is 8.24. The first-order chi connectivity index (χ1) is 17.4. The topological polar surface area (TPSA) is 120 Å². The normalized spacial score (nSPS) is 22.1. The lowest BCUT2D eigenvalue weighted by atomic mass is 9.98. The number of rotatable bonds is 6. The lowest BCUT2D eigenvalue weighted by Gasteiger charge is -2.38. The van der Waals surface area contributed by atoms with E-state index in [1.165, 1.54) is 15.6 Å². The highest BCUT2D eigenvalue weighted by Gasteiger charge is 2.41. The summed E-state index contributed by atoms with van der Waals surface area (Å²) in [4.78, 5) is 0. The van der Waals surface area contributed by atoms with Crippen molar-refractivity contribution >= 4 is 0 Å². The number of ether oxygens (including phenoxy) is 2. The summed E-state index contributed by atoms with van der Waals surface area (Å²) in [5.74, 6) is -3.67. The third kappa shape index (κ3) is 4.32. The standard InChI is InChI=1S/C23H21F3N6O4/c1-35-14-4-2-3-12(5-14)19-9-27-29-32(19)21-8-18(23(34)20(11-33)36-21)31-10-17(28-30-31)13-6-15(24)22(26)16(25)7-13/h2-7,9-10,18,20-21,23,33-34H,8,11H2,1H3/t18-,20-,21?,23-/m1/s1. The van der Waals surface area contributed by atoms with Gasteiger partial charge >= 0.3 is 0 Å². The minimum atomic E-state index is -1.58. The number of hydrogen-bond donors (Lipinski definition) is 2. The number of halogens is 3. The third-order valence-electron chi connectivity index (χ3n) is 6.07. The Labute approximate surface area is 202 Å². The Balaban J connectivity index is 1.47. The van der Waals surface area contributed by atoms with Gasteiger partial charge in [0.25, 0.3) is 0 Å².